The van der Waals surface area contributed by atoms with Gasteiger partial charge >= 0.3 is 0 Å². The Balaban J connectivity index is 1.48. The van der Waals surface area contributed by atoms with Crippen LogP contribution in [0.2, 0.25) is 0 Å². The first kappa shape index (κ1) is 16.0. The van der Waals surface area contributed by atoms with Gasteiger partial charge in [-0.25, -0.2) is 0 Å². The molecule has 25 heavy (non-hydrogen) atoms. The van der Waals surface area contributed by atoms with E-state index in [9.17, 15) is 0 Å². The normalized spacial score (nSPS) is 21.6. The number of anilines is 2. The molecule has 2 aliphatic carbocycles. The van der Waals surface area contributed by atoms with E-state index in [0.29, 0.717) is 12.1 Å². The number of rotatable bonds is 6. The molecule has 2 atom stereocenters. The fourth-order valence-electron chi connectivity index (χ4n) is 3.73. The van der Waals surface area contributed by atoms with Gasteiger partial charge in [-0.2, -0.15) is 0 Å². The molecule has 0 heterocycles. The molecule has 2 heteroatoms. The van der Waals surface area contributed by atoms with Crippen LogP contribution in [0.5, 0.6) is 0 Å². The zero-order chi connectivity index (χ0) is 16.9. The minimum atomic E-state index is 0.475. The third-order valence-corrected chi connectivity index (χ3v) is 5.06. The van der Waals surface area contributed by atoms with Crippen molar-refractivity contribution < 1.29 is 0 Å². The minimum absolute atomic E-state index is 0.475. The van der Waals surface area contributed by atoms with Gasteiger partial charge in [0.2, 0.25) is 0 Å². The van der Waals surface area contributed by atoms with Crippen molar-refractivity contribution in [2.45, 2.75) is 44.2 Å². The van der Waals surface area contributed by atoms with Crippen molar-refractivity contribution in [3.05, 3.63) is 84.0 Å². The summed E-state index contributed by atoms with van der Waals surface area (Å²) in [6.45, 7) is 0. The van der Waals surface area contributed by atoms with Crippen LogP contribution in [-0.2, 0) is 6.42 Å². The first-order valence-corrected chi connectivity index (χ1v) is 9.40. The summed E-state index contributed by atoms with van der Waals surface area (Å²) in [6.07, 6.45) is 14.8. The second-order valence-electron chi connectivity index (χ2n) is 7.05. The summed E-state index contributed by atoms with van der Waals surface area (Å²) < 4.78 is 0. The SMILES string of the molecule is C1=CC(Nc2cccc(Cc3ccccc3NC3C=CCC3)c2)CC1. The lowest BCUT2D eigenvalue weighted by Crippen LogP contribution is -2.15. The summed E-state index contributed by atoms with van der Waals surface area (Å²) in [5.74, 6) is 0. The summed E-state index contributed by atoms with van der Waals surface area (Å²) in [6, 6.07) is 18.5. The highest BCUT2D eigenvalue weighted by Gasteiger charge is 2.12. The smallest absolute Gasteiger partial charge is 0.0447 e. The van der Waals surface area contributed by atoms with Gasteiger partial charge in [0.1, 0.15) is 0 Å². The van der Waals surface area contributed by atoms with Gasteiger partial charge in [-0.1, -0.05) is 54.6 Å². The van der Waals surface area contributed by atoms with Gasteiger partial charge in [-0.05, 0) is 61.4 Å². The molecule has 0 aromatic heterocycles. The summed E-state index contributed by atoms with van der Waals surface area (Å²) in [5, 5.41) is 7.32. The number of hydrogen-bond donors (Lipinski definition) is 2. The van der Waals surface area contributed by atoms with E-state index in [4.69, 9.17) is 0 Å². The Morgan fingerprint density at radius 3 is 2.32 bits per heavy atom. The van der Waals surface area contributed by atoms with E-state index in [-0.39, 0.29) is 0 Å². The van der Waals surface area contributed by atoms with Crippen LogP contribution in [0, 0.1) is 0 Å². The molecule has 2 aliphatic rings. The highest BCUT2D eigenvalue weighted by molar-refractivity contribution is 5.56. The van der Waals surface area contributed by atoms with Crippen LogP contribution in [0.15, 0.2) is 72.8 Å². The van der Waals surface area contributed by atoms with Crippen LogP contribution in [-0.4, -0.2) is 12.1 Å². The molecule has 2 aromatic rings. The lowest BCUT2D eigenvalue weighted by atomic mass is 10.0. The maximum Gasteiger partial charge on any atom is 0.0447 e. The average Bonchev–Trinajstić information content (AvgIpc) is 3.31. The van der Waals surface area contributed by atoms with E-state index in [1.54, 1.807) is 0 Å². The van der Waals surface area contributed by atoms with E-state index in [2.05, 4.69) is 83.5 Å². The van der Waals surface area contributed by atoms with Crippen LogP contribution in [0.3, 0.4) is 0 Å². The van der Waals surface area contributed by atoms with Crippen LogP contribution < -0.4 is 10.6 Å². The number of allylic oxidation sites excluding steroid dienone is 2. The monoisotopic (exact) mass is 330 g/mol. The topological polar surface area (TPSA) is 24.1 Å². The minimum Gasteiger partial charge on any atom is -0.379 e. The average molecular weight is 330 g/mol. The third-order valence-electron chi connectivity index (χ3n) is 5.06. The summed E-state index contributed by atoms with van der Waals surface area (Å²) in [7, 11) is 0. The zero-order valence-corrected chi connectivity index (χ0v) is 14.6. The Morgan fingerprint density at radius 1 is 0.800 bits per heavy atom. The second-order valence-corrected chi connectivity index (χ2v) is 7.05. The van der Waals surface area contributed by atoms with Gasteiger partial charge in [-0.3, -0.25) is 0 Å². The maximum absolute atomic E-state index is 3.69. The highest BCUT2D eigenvalue weighted by atomic mass is 14.9. The van der Waals surface area contributed by atoms with Crippen molar-refractivity contribution in [2.24, 2.45) is 0 Å². The molecule has 2 aromatic carbocycles. The summed E-state index contributed by atoms with van der Waals surface area (Å²) >= 11 is 0. The van der Waals surface area contributed by atoms with Crippen molar-refractivity contribution >= 4 is 11.4 Å². The third kappa shape index (κ3) is 4.14. The van der Waals surface area contributed by atoms with E-state index in [0.717, 1.165) is 6.42 Å². The van der Waals surface area contributed by atoms with Gasteiger partial charge in [0.05, 0.1) is 0 Å². The molecule has 0 aliphatic heterocycles. The molecule has 2 N–H and O–H groups in total. The van der Waals surface area contributed by atoms with Crippen LogP contribution in [0.1, 0.15) is 36.8 Å². The van der Waals surface area contributed by atoms with Crippen molar-refractivity contribution in [2.75, 3.05) is 10.6 Å². The Hall–Kier alpha value is -2.48. The molecule has 2 unspecified atom stereocenters. The number of hydrogen-bond acceptors (Lipinski definition) is 2. The predicted octanol–water partition coefficient (Wildman–Crippen LogP) is 5.54. The molecule has 0 spiro atoms. The Labute approximate surface area is 150 Å². The largest absolute Gasteiger partial charge is 0.379 e. The van der Waals surface area contributed by atoms with Crippen molar-refractivity contribution in [1.29, 1.82) is 0 Å². The highest BCUT2D eigenvalue weighted by Crippen LogP contribution is 2.24. The number of benzene rings is 2. The van der Waals surface area contributed by atoms with Gasteiger partial charge < -0.3 is 10.6 Å². The molecule has 0 saturated heterocycles. The lowest BCUT2D eigenvalue weighted by Gasteiger charge is -2.17. The first-order chi connectivity index (χ1) is 12.4. The molecule has 0 radical (unpaired) electrons. The molecule has 0 amide bonds. The van der Waals surface area contributed by atoms with Crippen LogP contribution >= 0.6 is 0 Å². The molecule has 0 fully saturated rings. The first-order valence-electron chi connectivity index (χ1n) is 9.40. The second kappa shape index (κ2) is 7.60. The molecule has 0 saturated carbocycles. The predicted molar refractivity (Wildman–Crippen MR) is 107 cm³/mol. The molecular weight excluding hydrogens is 304 g/mol. The van der Waals surface area contributed by atoms with Crippen molar-refractivity contribution in [1.82, 2.24) is 0 Å². The molecule has 2 nitrogen and oxygen atoms in total. The quantitative estimate of drug-likeness (QED) is 0.680. The number of nitrogens with one attached hydrogen (secondary N) is 2. The molecule has 128 valence electrons. The van der Waals surface area contributed by atoms with Crippen molar-refractivity contribution in [3.8, 4) is 0 Å². The van der Waals surface area contributed by atoms with Crippen molar-refractivity contribution in [3.63, 3.8) is 0 Å². The molecular formula is C23H26N2. The van der Waals surface area contributed by atoms with E-state index in [1.807, 2.05) is 0 Å². The van der Waals surface area contributed by atoms with Crippen LogP contribution in [0.4, 0.5) is 11.4 Å². The summed E-state index contributed by atoms with van der Waals surface area (Å²) in [5.41, 5.74) is 5.19. The zero-order valence-electron chi connectivity index (χ0n) is 14.6. The summed E-state index contributed by atoms with van der Waals surface area (Å²) in [4.78, 5) is 0. The maximum atomic E-state index is 3.69. The fraction of sp³-hybridized carbons (Fsp3) is 0.304. The Kier molecular flexibility index (Phi) is 4.87. The van der Waals surface area contributed by atoms with E-state index in [1.165, 1.54) is 48.2 Å². The number of para-hydroxylation sites is 1. The molecule has 0 bridgehead atoms. The van der Waals surface area contributed by atoms with Gasteiger partial charge in [0.15, 0.2) is 0 Å². The molecule has 4 rings (SSSR count). The Bertz CT molecular complexity index is 775. The van der Waals surface area contributed by atoms with Gasteiger partial charge in [0, 0.05) is 23.5 Å². The Morgan fingerprint density at radius 2 is 1.56 bits per heavy atom. The fourth-order valence-corrected chi connectivity index (χ4v) is 3.73. The lowest BCUT2D eigenvalue weighted by molar-refractivity contribution is 0.823. The standard InChI is InChI=1S/C23H26N2/c1-6-15-23(25-21-12-4-5-13-21)19(9-1)16-18-8-7-14-22(17-18)24-20-10-2-3-11-20/h1-2,4,6-10,12,14-15,17,20-21,24-25H,3,5,11,13,16H2. The van der Waals surface area contributed by atoms with E-state index >= 15 is 0 Å². The van der Waals surface area contributed by atoms with Gasteiger partial charge in [0.25, 0.3) is 0 Å². The van der Waals surface area contributed by atoms with E-state index < -0.39 is 0 Å². The van der Waals surface area contributed by atoms with Gasteiger partial charge in [-0.15, -0.1) is 0 Å². The van der Waals surface area contributed by atoms with Crippen LogP contribution in [0.25, 0.3) is 0 Å².